The molecular formula is C25H21ClFN5O. The number of hydrogen-bond acceptors (Lipinski definition) is 4. The van der Waals surface area contributed by atoms with Crippen LogP contribution in [0, 0.1) is 12.7 Å². The molecule has 4 aromatic rings. The molecule has 1 aliphatic rings. The third kappa shape index (κ3) is 4.63. The first kappa shape index (κ1) is 22.2. The predicted molar refractivity (Wildman–Crippen MR) is 129 cm³/mol. The monoisotopic (exact) mass is 461 g/mol. The topological polar surface area (TPSA) is 71.8 Å². The minimum atomic E-state index is -0.406. The normalized spacial score (nSPS) is 14.4. The molecule has 2 heterocycles. The van der Waals surface area contributed by atoms with Crippen LogP contribution < -0.4 is 10.6 Å². The fourth-order valence-electron chi connectivity index (χ4n) is 3.61. The highest BCUT2D eigenvalue weighted by molar-refractivity contribution is 6.03. The predicted octanol–water partition coefficient (Wildman–Crippen LogP) is 5.46. The van der Waals surface area contributed by atoms with Gasteiger partial charge >= 0.3 is 0 Å². The van der Waals surface area contributed by atoms with E-state index in [1.54, 1.807) is 4.68 Å². The molecule has 1 amide bonds. The molecule has 6 nitrogen and oxygen atoms in total. The van der Waals surface area contributed by atoms with E-state index in [1.807, 2.05) is 37.3 Å². The van der Waals surface area contributed by atoms with Crippen LogP contribution in [0.25, 0.3) is 5.70 Å². The molecule has 1 aliphatic heterocycles. The van der Waals surface area contributed by atoms with Crippen LogP contribution >= 0.6 is 12.4 Å². The quantitative estimate of drug-likeness (QED) is 0.423. The van der Waals surface area contributed by atoms with Gasteiger partial charge < -0.3 is 5.32 Å². The second-order valence-corrected chi connectivity index (χ2v) is 7.59. The first-order chi connectivity index (χ1) is 15.6. The number of aryl methyl sites for hydroxylation is 1. The first-order valence-corrected chi connectivity index (χ1v) is 10.2. The van der Waals surface area contributed by atoms with Crippen LogP contribution in [0.2, 0.25) is 0 Å². The number of allylic oxidation sites excluding steroid dienone is 1. The lowest BCUT2D eigenvalue weighted by molar-refractivity contribution is 0.102. The summed E-state index contributed by atoms with van der Waals surface area (Å²) in [6.45, 7) is 2.04. The van der Waals surface area contributed by atoms with Crippen molar-refractivity contribution in [1.29, 1.82) is 0 Å². The summed E-state index contributed by atoms with van der Waals surface area (Å²) < 4.78 is 14.9. The molecule has 0 saturated carbocycles. The summed E-state index contributed by atoms with van der Waals surface area (Å²) in [6, 6.07) is 23.3. The number of nitrogens with zero attached hydrogens (tertiary/aromatic N) is 3. The lowest BCUT2D eigenvalue weighted by Gasteiger charge is -2.24. The molecule has 0 bridgehead atoms. The number of fused-ring (bicyclic) bond motifs is 1. The van der Waals surface area contributed by atoms with Gasteiger partial charge in [-0.1, -0.05) is 60.2 Å². The molecule has 1 unspecified atom stereocenters. The van der Waals surface area contributed by atoms with Gasteiger partial charge in [0.05, 0.1) is 0 Å². The second kappa shape index (κ2) is 9.26. The Morgan fingerprint density at radius 1 is 1.00 bits per heavy atom. The van der Waals surface area contributed by atoms with Crippen LogP contribution in [0.1, 0.15) is 33.1 Å². The fraction of sp³-hybridized carbons (Fsp3) is 0.0800. The number of anilines is 2. The number of nitrogens with one attached hydrogen (secondary N) is 2. The van der Waals surface area contributed by atoms with Crippen molar-refractivity contribution >= 4 is 35.9 Å². The molecule has 5 rings (SSSR count). The zero-order valence-electron chi connectivity index (χ0n) is 17.7. The summed E-state index contributed by atoms with van der Waals surface area (Å²) in [5, 5.41) is 10.6. The molecule has 33 heavy (non-hydrogen) atoms. The maximum atomic E-state index is 13.2. The van der Waals surface area contributed by atoms with Gasteiger partial charge in [0.25, 0.3) is 11.9 Å². The highest BCUT2D eigenvalue weighted by Crippen LogP contribution is 2.33. The second-order valence-electron chi connectivity index (χ2n) is 7.59. The number of hydrogen-bond donors (Lipinski definition) is 2. The Morgan fingerprint density at radius 3 is 2.39 bits per heavy atom. The molecular weight excluding hydrogens is 441 g/mol. The molecule has 1 atom stereocenters. The third-order valence-corrected chi connectivity index (χ3v) is 5.30. The van der Waals surface area contributed by atoms with Crippen LogP contribution in [0.4, 0.5) is 16.3 Å². The van der Waals surface area contributed by atoms with E-state index >= 15 is 0 Å². The molecule has 0 spiro atoms. The van der Waals surface area contributed by atoms with Gasteiger partial charge in [0, 0.05) is 11.3 Å². The van der Waals surface area contributed by atoms with E-state index in [2.05, 4.69) is 51.1 Å². The third-order valence-electron chi connectivity index (χ3n) is 5.30. The number of aromatic nitrogens is 3. The van der Waals surface area contributed by atoms with E-state index in [4.69, 9.17) is 0 Å². The van der Waals surface area contributed by atoms with Crippen molar-refractivity contribution in [3.05, 3.63) is 113 Å². The van der Waals surface area contributed by atoms with Gasteiger partial charge in [-0.25, -0.2) is 9.07 Å². The number of carbonyl (C=O) groups is 1. The van der Waals surface area contributed by atoms with E-state index < -0.39 is 11.7 Å². The molecule has 0 saturated heterocycles. The van der Waals surface area contributed by atoms with Crippen molar-refractivity contribution in [1.82, 2.24) is 14.8 Å². The van der Waals surface area contributed by atoms with Gasteiger partial charge in [0.2, 0.25) is 5.95 Å². The lowest BCUT2D eigenvalue weighted by Crippen LogP contribution is -2.20. The fourth-order valence-corrected chi connectivity index (χ4v) is 3.61. The minimum Gasteiger partial charge on any atom is -0.324 e. The van der Waals surface area contributed by atoms with Gasteiger partial charge in [-0.15, -0.1) is 17.5 Å². The van der Waals surface area contributed by atoms with E-state index in [1.165, 1.54) is 29.8 Å². The van der Waals surface area contributed by atoms with Crippen LogP contribution in [-0.4, -0.2) is 20.7 Å². The summed E-state index contributed by atoms with van der Waals surface area (Å²) in [5.41, 5.74) is 4.47. The van der Waals surface area contributed by atoms with Gasteiger partial charge in [-0.2, -0.15) is 4.98 Å². The Hall–Kier alpha value is -3.97. The van der Waals surface area contributed by atoms with Crippen molar-refractivity contribution in [2.24, 2.45) is 0 Å². The smallest absolute Gasteiger partial charge is 0.258 e. The summed E-state index contributed by atoms with van der Waals surface area (Å²) in [5.74, 6) is -0.120. The van der Waals surface area contributed by atoms with E-state index in [0.717, 1.165) is 16.8 Å². The van der Waals surface area contributed by atoms with Crippen molar-refractivity contribution in [2.45, 2.75) is 13.0 Å². The number of carbonyl (C=O) groups excluding carboxylic acids is 1. The van der Waals surface area contributed by atoms with Crippen LogP contribution in [-0.2, 0) is 0 Å². The van der Waals surface area contributed by atoms with E-state index in [-0.39, 0.29) is 24.4 Å². The van der Waals surface area contributed by atoms with Gasteiger partial charge in [-0.3, -0.25) is 10.1 Å². The summed E-state index contributed by atoms with van der Waals surface area (Å²) in [6.07, 6.45) is 2.09. The average Bonchev–Trinajstić information content (AvgIpc) is 3.22. The maximum Gasteiger partial charge on any atom is 0.258 e. The van der Waals surface area contributed by atoms with Crippen molar-refractivity contribution < 1.29 is 9.18 Å². The van der Waals surface area contributed by atoms with Crippen LogP contribution in [0.5, 0.6) is 0 Å². The highest BCUT2D eigenvalue weighted by atomic mass is 35.5. The summed E-state index contributed by atoms with van der Waals surface area (Å²) in [7, 11) is 0. The zero-order chi connectivity index (χ0) is 22.1. The average molecular weight is 462 g/mol. The van der Waals surface area contributed by atoms with Crippen LogP contribution in [0.15, 0.2) is 84.9 Å². The number of halogens is 2. The molecule has 8 heteroatoms. The molecule has 1 aromatic heterocycles. The van der Waals surface area contributed by atoms with Crippen LogP contribution in [0.3, 0.4) is 0 Å². The van der Waals surface area contributed by atoms with Gasteiger partial charge in [0.15, 0.2) is 0 Å². The summed E-state index contributed by atoms with van der Waals surface area (Å²) in [4.78, 5) is 17.1. The molecule has 0 aliphatic carbocycles. The zero-order valence-corrected chi connectivity index (χ0v) is 18.5. The van der Waals surface area contributed by atoms with Crippen molar-refractivity contribution in [3.63, 3.8) is 0 Å². The molecule has 3 aromatic carbocycles. The number of benzene rings is 3. The molecule has 0 fully saturated rings. The lowest BCUT2D eigenvalue weighted by atomic mass is 10.0. The van der Waals surface area contributed by atoms with Gasteiger partial charge in [-0.05, 0) is 48.4 Å². The summed E-state index contributed by atoms with van der Waals surface area (Å²) >= 11 is 0. The minimum absolute atomic E-state index is 0. The molecule has 0 radical (unpaired) electrons. The van der Waals surface area contributed by atoms with Crippen molar-refractivity contribution in [3.8, 4) is 0 Å². The maximum absolute atomic E-state index is 13.2. The Bertz CT molecular complexity index is 1300. The number of amides is 1. The molecule has 166 valence electrons. The number of rotatable bonds is 4. The van der Waals surface area contributed by atoms with E-state index in [0.29, 0.717) is 11.5 Å². The Morgan fingerprint density at radius 2 is 1.70 bits per heavy atom. The largest absolute Gasteiger partial charge is 0.324 e. The Kier molecular flexibility index (Phi) is 6.24. The SMILES string of the molecule is Cc1ccc(C2C=C(c3ccccc3)Nc3nc(NC(=O)c4ccc(F)cc4)nn32)cc1.Cl. The standard InChI is InChI=1S/C25H20FN5O.ClH/c1-16-7-9-18(10-8-16)22-15-21(17-5-3-2-4-6-17)27-25-29-24(30-31(22)25)28-23(32)19-11-13-20(26)14-12-19;/h2-15,22H,1H3,(H2,27,28,29,30,32);1H. The van der Waals surface area contributed by atoms with Gasteiger partial charge in [0.1, 0.15) is 11.9 Å². The highest BCUT2D eigenvalue weighted by Gasteiger charge is 2.26. The first-order valence-electron chi connectivity index (χ1n) is 10.2. The Labute approximate surface area is 196 Å². The van der Waals surface area contributed by atoms with Crippen molar-refractivity contribution in [2.75, 3.05) is 10.6 Å². The molecule has 2 N–H and O–H groups in total. The van der Waals surface area contributed by atoms with E-state index in [9.17, 15) is 9.18 Å². The Balaban J connectivity index is 0.00000259.